The number of ether oxygens (including phenoxy) is 1. The van der Waals surface area contributed by atoms with Gasteiger partial charge in [-0.1, -0.05) is 6.07 Å². The van der Waals surface area contributed by atoms with Gasteiger partial charge < -0.3 is 19.4 Å². The Morgan fingerprint density at radius 1 is 1.07 bits per heavy atom. The van der Waals surface area contributed by atoms with E-state index in [1.54, 1.807) is 6.20 Å². The summed E-state index contributed by atoms with van der Waals surface area (Å²) in [5.74, 6) is 0.112. The van der Waals surface area contributed by atoms with Crippen molar-refractivity contribution in [2.75, 3.05) is 45.9 Å². The van der Waals surface area contributed by atoms with Crippen molar-refractivity contribution in [3.8, 4) is 0 Å². The maximum atomic E-state index is 13.1. The van der Waals surface area contributed by atoms with Gasteiger partial charge in [-0.3, -0.25) is 19.4 Å². The lowest BCUT2D eigenvalue weighted by Crippen LogP contribution is -2.54. The Morgan fingerprint density at radius 3 is 2.63 bits per heavy atom. The molecule has 162 valence electrons. The fourth-order valence-electron chi connectivity index (χ4n) is 4.75. The summed E-state index contributed by atoms with van der Waals surface area (Å²) < 4.78 is 5.22. The summed E-state index contributed by atoms with van der Waals surface area (Å²) in [4.78, 5) is 47.7. The first-order valence-corrected chi connectivity index (χ1v) is 11.0. The van der Waals surface area contributed by atoms with Gasteiger partial charge in [0.25, 0.3) is 0 Å². The molecule has 0 radical (unpaired) electrons. The Kier molecular flexibility index (Phi) is 6.62. The number of pyridine rings is 1. The molecule has 1 atom stereocenters. The van der Waals surface area contributed by atoms with Crippen molar-refractivity contribution in [3.63, 3.8) is 0 Å². The normalized spacial score (nSPS) is 23.5. The zero-order chi connectivity index (χ0) is 20.9. The minimum atomic E-state index is -0.131. The van der Waals surface area contributed by atoms with E-state index in [0.29, 0.717) is 39.3 Å². The molecule has 0 aromatic carbocycles. The largest absolute Gasteiger partial charge is 0.370 e. The zero-order valence-corrected chi connectivity index (χ0v) is 17.4. The van der Waals surface area contributed by atoms with Crippen LogP contribution in [0.5, 0.6) is 0 Å². The van der Waals surface area contributed by atoms with Crippen LogP contribution in [0.15, 0.2) is 24.4 Å². The molecule has 0 aliphatic carbocycles. The number of hydrogen-bond acceptors (Lipinski definition) is 5. The first kappa shape index (κ1) is 20.8. The number of hydrogen-bond donors (Lipinski definition) is 0. The van der Waals surface area contributed by atoms with E-state index in [1.165, 1.54) is 0 Å². The van der Waals surface area contributed by atoms with Gasteiger partial charge in [0, 0.05) is 50.7 Å². The number of aromatic nitrogens is 1. The molecule has 4 heterocycles. The number of likely N-dealkylation sites (tertiary alicyclic amines) is 2. The lowest BCUT2D eigenvalue weighted by Gasteiger charge is -2.41. The number of morpholine rings is 1. The average molecular weight is 415 g/mol. The molecule has 1 aromatic heterocycles. The Bertz CT molecular complexity index is 764. The SMILES string of the molecule is O=C(Cc1ccccn1)N1CCCC(C(=O)N2CCC(N3CCOCC3=O)CC2)C1. The van der Waals surface area contributed by atoms with Gasteiger partial charge in [0.2, 0.25) is 17.7 Å². The van der Waals surface area contributed by atoms with Crippen LogP contribution in [-0.2, 0) is 25.5 Å². The first-order valence-electron chi connectivity index (χ1n) is 11.0. The van der Waals surface area contributed by atoms with Crippen LogP contribution in [0.2, 0.25) is 0 Å². The molecule has 3 saturated heterocycles. The van der Waals surface area contributed by atoms with E-state index in [2.05, 4.69) is 4.98 Å². The molecule has 3 aliphatic heterocycles. The summed E-state index contributed by atoms with van der Waals surface area (Å²) in [6, 6.07) is 5.77. The second kappa shape index (κ2) is 9.55. The number of piperidine rings is 2. The topological polar surface area (TPSA) is 83.1 Å². The van der Waals surface area contributed by atoms with Crippen molar-refractivity contribution in [1.82, 2.24) is 19.7 Å². The quantitative estimate of drug-likeness (QED) is 0.725. The highest BCUT2D eigenvalue weighted by molar-refractivity contribution is 5.82. The Morgan fingerprint density at radius 2 is 1.90 bits per heavy atom. The van der Waals surface area contributed by atoms with Crippen LogP contribution in [0.25, 0.3) is 0 Å². The molecule has 3 aliphatic rings. The fourth-order valence-corrected chi connectivity index (χ4v) is 4.75. The number of carbonyl (C=O) groups is 3. The maximum absolute atomic E-state index is 13.1. The van der Waals surface area contributed by atoms with Crippen LogP contribution >= 0.6 is 0 Å². The summed E-state index contributed by atoms with van der Waals surface area (Å²) in [6.45, 7) is 3.95. The third-order valence-electron chi connectivity index (χ3n) is 6.42. The molecule has 8 heteroatoms. The maximum Gasteiger partial charge on any atom is 0.248 e. The van der Waals surface area contributed by atoms with Crippen LogP contribution < -0.4 is 0 Å². The summed E-state index contributed by atoms with van der Waals surface area (Å²) in [6.07, 6.45) is 5.27. The highest BCUT2D eigenvalue weighted by atomic mass is 16.5. The van der Waals surface area contributed by atoms with Gasteiger partial charge in [-0.25, -0.2) is 0 Å². The van der Waals surface area contributed by atoms with E-state index in [-0.39, 0.29) is 42.7 Å². The number of nitrogens with zero attached hydrogens (tertiary/aromatic N) is 4. The van der Waals surface area contributed by atoms with E-state index >= 15 is 0 Å². The van der Waals surface area contributed by atoms with Crippen molar-refractivity contribution in [2.24, 2.45) is 5.92 Å². The molecule has 1 unspecified atom stereocenters. The lowest BCUT2D eigenvalue weighted by molar-refractivity contribution is -0.148. The predicted octanol–water partition coefficient (Wildman–Crippen LogP) is 0.713. The van der Waals surface area contributed by atoms with Crippen LogP contribution in [0.1, 0.15) is 31.4 Å². The smallest absolute Gasteiger partial charge is 0.248 e. The summed E-state index contributed by atoms with van der Waals surface area (Å²) >= 11 is 0. The van der Waals surface area contributed by atoms with Gasteiger partial charge >= 0.3 is 0 Å². The van der Waals surface area contributed by atoms with E-state index in [0.717, 1.165) is 31.4 Å². The molecule has 4 rings (SSSR count). The summed E-state index contributed by atoms with van der Waals surface area (Å²) in [5, 5.41) is 0. The van der Waals surface area contributed by atoms with Crippen LogP contribution in [0, 0.1) is 5.92 Å². The molecular formula is C22H30N4O4. The van der Waals surface area contributed by atoms with Gasteiger partial charge in [-0.2, -0.15) is 0 Å². The average Bonchev–Trinajstić information content (AvgIpc) is 2.80. The highest BCUT2D eigenvalue weighted by Gasteiger charge is 2.35. The molecular weight excluding hydrogens is 384 g/mol. The van der Waals surface area contributed by atoms with E-state index in [9.17, 15) is 14.4 Å². The minimum Gasteiger partial charge on any atom is -0.370 e. The second-order valence-electron chi connectivity index (χ2n) is 8.37. The third-order valence-corrected chi connectivity index (χ3v) is 6.42. The number of rotatable bonds is 4. The molecule has 0 saturated carbocycles. The lowest BCUT2D eigenvalue weighted by atomic mass is 9.94. The predicted molar refractivity (Wildman–Crippen MR) is 109 cm³/mol. The minimum absolute atomic E-state index is 0.0377. The van der Waals surface area contributed by atoms with E-state index in [1.807, 2.05) is 32.9 Å². The van der Waals surface area contributed by atoms with Gasteiger partial charge in [-0.05, 0) is 37.8 Å². The number of amides is 3. The fraction of sp³-hybridized carbons (Fsp3) is 0.636. The van der Waals surface area contributed by atoms with E-state index < -0.39 is 0 Å². The Hall–Kier alpha value is -2.48. The van der Waals surface area contributed by atoms with Gasteiger partial charge in [0.1, 0.15) is 6.61 Å². The Labute approximate surface area is 177 Å². The standard InChI is InChI=1S/C22H30N4O4/c27-20(14-18-5-1-2-8-23-18)25-9-3-4-17(15-25)22(29)24-10-6-19(7-11-24)26-12-13-30-16-21(26)28/h1-2,5,8,17,19H,3-4,6-7,9-16H2. The zero-order valence-electron chi connectivity index (χ0n) is 17.4. The highest BCUT2D eigenvalue weighted by Crippen LogP contribution is 2.24. The Balaban J connectivity index is 1.28. The van der Waals surface area contributed by atoms with Crippen molar-refractivity contribution in [2.45, 2.75) is 38.1 Å². The van der Waals surface area contributed by atoms with Crippen molar-refractivity contribution < 1.29 is 19.1 Å². The first-order chi connectivity index (χ1) is 14.6. The molecule has 0 N–H and O–H groups in total. The second-order valence-corrected chi connectivity index (χ2v) is 8.37. The summed E-state index contributed by atoms with van der Waals surface area (Å²) in [7, 11) is 0. The van der Waals surface area contributed by atoms with Crippen molar-refractivity contribution >= 4 is 17.7 Å². The molecule has 3 fully saturated rings. The van der Waals surface area contributed by atoms with Crippen molar-refractivity contribution in [3.05, 3.63) is 30.1 Å². The van der Waals surface area contributed by atoms with Crippen LogP contribution in [0.3, 0.4) is 0 Å². The molecule has 0 bridgehead atoms. The number of carbonyl (C=O) groups excluding carboxylic acids is 3. The monoisotopic (exact) mass is 414 g/mol. The van der Waals surface area contributed by atoms with E-state index in [4.69, 9.17) is 4.74 Å². The van der Waals surface area contributed by atoms with Crippen molar-refractivity contribution in [1.29, 1.82) is 0 Å². The molecule has 8 nitrogen and oxygen atoms in total. The van der Waals surface area contributed by atoms with Gasteiger partial charge in [0.15, 0.2) is 0 Å². The molecule has 1 aromatic rings. The molecule has 3 amide bonds. The molecule has 30 heavy (non-hydrogen) atoms. The van der Waals surface area contributed by atoms with Gasteiger partial charge in [-0.15, -0.1) is 0 Å². The van der Waals surface area contributed by atoms with Crippen LogP contribution in [0.4, 0.5) is 0 Å². The third kappa shape index (κ3) is 4.80. The molecule has 0 spiro atoms. The van der Waals surface area contributed by atoms with Crippen LogP contribution in [-0.4, -0.2) is 89.4 Å². The van der Waals surface area contributed by atoms with Gasteiger partial charge in [0.05, 0.1) is 18.9 Å². The summed E-state index contributed by atoms with van der Waals surface area (Å²) in [5.41, 5.74) is 0.760.